The van der Waals surface area contributed by atoms with E-state index in [1.165, 1.54) is 18.7 Å². The van der Waals surface area contributed by atoms with Crippen LogP contribution in [-0.4, -0.2) is 51.2 Å². The Hall–Kier alpha value is -1.32. The molecular formula is C16H18BrNO5S2. The van der Waals surface area contributed by atoms with Crippen LogP contribution < -0.4 is 5.32 Å². The second-order valence-electron chi connectivity index (χ2n) is 5.09. The molecule has 0 bridgehead atoms. The van der Waals surface area contributed by atoms with E-state index < -0.39 is 23.2 Å². The molecule has 0 aliphatic heterocycles. The van der Waals surface area contributed by atoms with Gasteiger partial charge in [-0.1, -0.05) is 39.8 Å². The fourth-order valence-corrected chi connectivity index (χ4v) is 3.65. The second-order valence-corrected chi connectivity index (χ2v) is 8.29. The number of Topliss-reactive ketones (excluding diaryl/α,β-unsaturated/α-hetero) is 1. The van der Waals surface area contributed by atoms with E-state index in [-0.39, 0.29) is 23.1 Å². The van der Waals surface area contributed by atoms with Crippen molar-refractivity contribution in [3.8, 4) is 0 Å². The van der Waals surface area contributed by atoms with Crippen molar-refractivity contribution < 1.29 is 24.3 Å². The van der Waals surface area contributed by atoms with Crippen LogP contribution in [0, 0.1) is 0 Å². The summed E-state index contributed by atoms with van der Waals surface area (Å²) < 4.78 is 0.805. The number of amides is 1. The molecule has 1 unspecified atom stereocenters. The van der Waals surface area contributed by atoms with E-state index in [1.807, 2.05) is 0 Å². The zero-order chi connectivity index (χ0) is 19.0. The number of rotatable bonds is 9. The lowest BCUT2D eigenvalue weighted by atomic mass is 10.1. The lowest BCUT2D eigenvalue weighted by Gasteiger charge is -2.17. The van der Waals surface area contributed by atoms with Crippen molar-refractivity contribution in [1.29, 1.82) is 0 Å². The average molecular weight is 448 g/mol. The largest absolute Gasteiger partial charge is 0.480 e. The number of hydrogen-bond donors (Lipinski definition) is 2. The van der Waals surface area contributed by atoms with Crippen LogP contribution in [0.3, 0.4) is 0 Å². The van der Waals surface area contributed by atoms with E-state index >= 15 is 0 Å². The molecule has 0 radical (unpaired) electrons. The third kappa shape index (κ3) is 7.62. The summed E-state index contributed by atoms with van der Waals surface area (Å²) in [4.78, 5) is 47.3. The summed E-state index contributed by atoms with van der Waals surface area (Å²) in [5, 5.41) is 10.3. The predicted molar refractivity (Wildman–Crippen MR) is 103 cm³/mol. The van der Waals surface area contributed by atoms with E-state index in [2.05, 4.69) is 21.2 Å². The molecule has 1 aromatic rings. The molecule has 0 aromatic heterocycles. The molecule has 1 aromatic carbocycles. The fourth-order valence-electron chi connectivity index (χ4n) is 1.95. The Morgan fingerprint density at radius 3 is 2.28 bits per heavy atom. The number of carboxylic acids is 1. The number of carbonyl (C=O) groups excluding carboxylic acids is 3. The van der Waals surface area contributed by atoms with Crippen molar-refractivity contribution >= 4 is 62.2 Å². The Labute approximate surface area is 162 Å². The Balaban J connectivity index is 2.86. The molecule has 9 heteroatoms. The first-order valence-electron chi connectivity index (χ1n) is 7.22. The van der Waals surface area contributed by atoms with Gasteiger partial charge in [-0.15, -0.1) is 0 Å². The van der Waals surface area contributed by atoms with Crippen LogP contribution in [0.15, 0.2) is 28.7 Å². The van der Waals surface area contributed by atoms with Crippen LogP contribution in [0.25, 0.3) is 0 Å². The van der Waals surface area contributed by atoms with Crippen molar-refractivity contribution in [2.75, 3.05) is 12.0 Å². The van der Waals surface area contributed by atoms with Crippen LogP contribution in [-0.2, 0) is 14.4 Å². The third-order valence-corrected chi connectivity index (χ3v) is 5.26. The minimum absolute atomic E-state index is 0.215. The minimum Gasteiger partial charge on any atom is -0.480 e. The number of aliphatic carboxylic acids is 1. The van der Waals surface area contributed by atoms with Crippen molar-refractivity contribution in [3.05, 3.63) is 34.3 Å². The molecule has 0 aliphatic carbocycles. The molecule has 0 spiro atoms. The number of hydrogen-bond acceptors (Lipinski definition) is 6. The van der Waals surface area contributed by atoms with Crippen LogP contribution in [0.5, 0.6) is 0 Å². The van der Waals surface area contributed by atoms with Crippen molar-refractivity contribution in [2.45, 2.75) is 24.6 Å². The Morgan fingerprint density at radius 1 is 1.20 bits per heavy atom. The van der Waals surface area contributed by atoms with Crippen molar-refractivity contribution in [1.82, 2.24) is 5.32 Å². The molecule has 1 rings (SSSR count). The third-order valence-electron chi connectivity index (χ3n) is 3.07. The van der Waals surface area contributed by atoms with Crippen LogP contribution in [0.4, 0.5) is 0 Å². The normalized spacial score (nSPS) is 12.9. The van der Waals surface area contributed by atoms with Crippen molar-refractivity contribution in [2.24, 2.45) is 0 Å². The van der Waals surface area contributed by atoms with Crippen LogP contribution in [0.2, 0.25) is 0 Å². The molecule has 25 heavy (non-hydrogen) atoms. The van der Waals surface area contributed by atoms with Gasteiger partial charge in [0.25, 0.3) is 0 Å². The Kier molecular flexibility index (Phi) is 9.23. The smallest absolute Gasteiger partial charge is 0.327 e. The molecule has 2 atom stereocenters. The number of ketones is 1. The number of thioether (sulfide) groups is 2. The van der Waals surface area contributed by atoms with Gasteiger partial charge in [-0.25, -0.2) is 4.79 Å². The molecule has 0 heterocycles. The first kappa shape index (κ1) is 21.7. The van der Waals surface area contributed by atoms with Gasteiger partial charge in [0.15, 0.2) is 10.9 Å². The highest BCUT2D eigenvalue weighted by Gasteiger charge is 2.27. The molecule has 0 saturated carbocycles. The first-order chi connectivity index (χ1) is 11.7. The Morgan fingerprint density at radius 2 is 1.80 bits per heavy atom. The van der Waals surface area contributed by atoms with Crippen LogP contribution in [0.1, 0.15) is 23.7 Å². The van der Waals surface area contributed by atoms with E-state index in [0.29, 0.717) is 5.56 Å². The highest BCUT2D eigenvalue weighted by Crippen LogP contribution is 2.22. The molecule has 2 N–H and O–H groups in total. The average Bonchev–Trinajstić information content (AvgIpc) is 2.53. The van der Waals surface area contributed by atoms with Gasteiger partial charge >= 0.3 is 5.97 Å². The zero-order valence-corrected chi connectivity index (χ0v) is 16.9. The minimum atomic E-state index is -1.14. The maximum Gasteiger partial charge on any atom is 0.327 e. The highest BCUT2D eigenvalue weighted by atomic mass is 79.9. The predicted octanol–water partition coefficient (Wildman–Crippen LogP) is 2.60. The molecular weight excluding hydrogens is 430 g/mol. The summed E-state index contributed by atoms with van der Waals surface area (Å²) in [5.41, 5.74) is 0.383. The van der Waals surface area contributed by atoms with E-state index in [9.17, 15) is 19.2 Å². The van der Waals surface area contributed by atoms with Crippen LogP contribution >= 0.6 is 39.5 Å². The quantitative estimate of drug-likeness (QED) is 0.560. The van der Waals surface area contributed by atoms with E-state index in [0.717, 1.165) is 16.2 Å². The van der Waals surface area contributed by atoms with E-state index in [1.54, 1.807) is 30.5 Å². The van der Waals surface area contributed by atoms with Gasteiger partial charge in [0.05, 0.1) is 5.25 Å². The standard InChI is InChI=1S/C16H18BrNO5S2/c1-9(19)25-13(15(21)10-3-5-11(17)6-4-10)7-14(20)18-12(8-24-2)16(22)23/h3-6,12-13H,7-8H2,1-2H3,(H,18,20)(H,22,23)/t12-,13?/m0/s1. The lowest BCUT2D eigenvalue weighted by molar-refractivity contribution is -0.141. The molecule has 0 saturated heterocycles. The number of carbonyl (C=O) groups is 4. The second kappa shape index (κ2) is 10.6. The van der Waals surface area contributed by atoms with Gasteiger partial charge in [-0.2, -0.15) is 11.8 Å². The molecule has 0 aliphatic rings. The van der Waals surface area contributed by atoms with Gasteiger partial charge in [0, 0.05) is 29.1 Å². The fraction of sp³-hybridized carbons (Fsp3) is 0.375. The molecule has 0 fully saturated rings. The number of nitrogens with one attached hydrogen (secondary N) is 1. The first-order valence-corrected chi connectivity index (χ1v) is 10.3. The van der Waals surface area contributed by atoms with E-state index in [4.69, 9.17) is 5.11 Å². The summed E-state index contributed by atoms with van der Waals surface area (Å²) in [7, 11) is 0. The summed E-state index contributed by atoms with van der Waals surface area (Å²) in [6.45, 7) is 1.32. The number of halogens is 1. The highest BCUT2D eigenvalue weighted by molar-refractivity contribution is 9.10. The van der Waals surface area contributed by atoms with Gasteiger partial charge in [-0.05, 0) is 18.4 Å². The molecule has 1 amide bonds. The zero-order valence-electron chi connectivity index (χ0n) is 13.7. The topological polar surface area (TPSA) is 101 Å². The van der Waals surface area contributed by atoms with Gasteiger partial charge in [-0.3, -0.25) is 14.4 Å². The maximum absolute atomic E-state index is 12.6. The maximum atomic E-state index is 12.6. The monoisotopic (exact) mass is 447 g/mol. The number of carboxylic acid groups (broad SMARTS) is 1. The summed E-state index contributed by atoms with van der Waals surface area (Å²) in [5.74, 6) is -1.85. The summed E-state index contributed by atoms with van der Waals surface area (Å²) in [6.07, 6.45) is 1.46. The van der Waals surface area contributed by atoms with Gasteiger partial charge < -0.3 is 10.4 Å². The lowest BCUT2D eigenvalue weighted by Crippen LogP contribution is -2.44. The van der Waals surface area contributed by atoms with Gasteiger partial charge in [0.2, 0.25) is 5.91 Å². The molecule has 136 valence electrons. The summed E-state index contributed by atoms with van der Waals surface area (Å²) >= 11 is 5.33. The van der Waals surface area contributed by atoms with Crippen molar-refractivity contribution in [3.63, 3.8) is 0 Å². The summed E-state index contributed by atoms with van der Waals surface area (Å²) in [6, 6.07) is 5.56. The number of benzene rings is 1. The Bertz CT molecular complexity index is 650. The SMILES string of the molecule is CSC[C@H](NC(=O)CC(SC(C)=O)C(=O)c1ccc(Br)cc1)C(=O)O. The molecule has 6 nitrogen and oxygen atoms in total. The van der Waals surface area contributed by atoms with Gasteiger partial charge in [0.1, 0.15) is 6.04 Å².